The van der Waals surface area contributed by atoms with Crippen molar-refractivity contribution in [2.75, 3.05) is 0 Å². The van der Waals surface area contributed by atoms with E-state index in [0.717, 1.165) is 27.8 Å². The van der Waals surface area contributed by atoms with Crippen molar-refractivity contribution < 1.29 is 0 Å². The zero-order valence-corrected chi connectivity index (χ0v) is 10.1. The lowest BCUT2D eigenvalue weighted by atomic mass is 10.1. The summed E-state index contributed by atoms with van der Waals surface area (Å²) >= 11 is 0. The number of aromatic nitrogens is 4. The van der Waals surface area contributed by atoms with Gasteiger partial charge < -0.3 is 0 Å². The molecule has 0 bridgehead atoms. The molecule has 0 aliphatic carbocycles. The number of pyridine rings is 3. The Labute approximate surface area is 109 Å². The summed E-state index contributed by atoms with van der Waals surface area (Å²) in [5.74, 6) is 0. The Morgan fingerprint density at radius 2 is 1.79 bits per heavy atom. The zero-order valence-electron chi connectivity index (χ0n) is 10.1. The number of hydrogen-bond donors (Lipinski definition) is 0. The highest BCUT2D eigenvalue weighted by Gasteiger charge is 2.09. The van der Waals surface area contributed by atoms with Gasteiger partial charge in [0.15, 0.2) is 0 Å². The van der Waals surface area contributed by atoms with Gasteiger partial charge in [0.05, 0.1) is 28.6 Å². The molecular weight excluding hydrogens is 236 g/mol. The van der Waals surface area contributed by atoms with E-state index in [4.69, 9.17) is 0 Å². The first-order valence-corrected chi connectivity index (χ1v) is 6.06. The Hall–Kier alpha value is -2.75. The zero-order chi connectivity index (χ0) is 12.7. The normalized spacial score (nSPS) is 11.2. The van der Waals surface area contributed by atoms with E-state index >= 15 is 0 Å². The molecule has 4 aromatic heterocycles. The maximum Gasteiger partial charge on any atom is 0.0980 e. The molecular formula is C15H10N4. The molecule has 0 saturated carbocycles. The number of nitrogens with zero attached hydrogens (tertiary/aromatic N) is 4. The van der Waals surface area contributed by atoms with Gasteiger partial charge in [0.1, 0.15) is 0 Å². The van der Waals surface area contributed by atoms with Gasteiger partial charge in [0, 0.05) is 17.8 Å². The standard InChI is InChI=1S/C15H10N4/c1-3-11-6-10-18-19(11)14(5-1)15-12-4-2-8-16-13(12)7-9-17-15/h1-10H. The second-order valence-electron chi connectivity index (χ2n) is 4.31. The number of fused-ring (bicyclic) bond motifs is 2. The van der Waals surface area contributed by atoms with E-state index in [1.54, 1.807) is 18.6 Å². The van der Waals surface area contributed by atoms with Crippen molar-refractivity contribution in [3.05, 3.63) is 61.1 Å². The Morgan fingerprint density at radius 1 is 0.789 bits per heavy atom. The van der Waals surface area contributed by atoms with Crippen LogP contribution in [0, 0.1) is 0 Å². The van der Waals surface area contributed by atoms with Crippen LogP contribution in [0.25, 0.3) is 27.8 Å². The lowest BCUT2D eigenvalue weighted by Gasteiger charge is -2.07. The minimum absolute atomic E-state index is 0.903. The van der Waals surface area contributed by atoms with Gasteiger partial charge in [-0.2, -0.15) is 5.10 Å². The molecule has 4 rings (SSSR count). The highest BCUT2D eigenvalue weighted by Crippen LogP contribution is 2.25. The quantitative estimate of drug-likeness (QED) is 0.518. The van der Waals surface area contributed by atoms with Gasteiger partial charge in [0.2, 0.25) is 0 Å². The Kier molecular flexibility index (Phi) is 2.08. The Balaban J connectivity index is 2.12. The van der Waals surface area contributed by atoms with Gasteiger partial charge in [0.25, 0.3) is 0 Å². The molecule has 0 unspecified atom stereocenters. The third-order valence-corrected chi connectivity index (χ3v) is 3.19. The van der Waals surface area contributed by atoms with E-state index in [2.05, 4.69) is 15.1 Å². The molecule has 0 aliphatic rings. The summed E-state index contributed by atoms with van der Waals surface area (Å²) in [4.78, 5) is 8.87. The van der Waals surface area contributed by atoms with E-state index in [9.17, 15) is 0 Å². The first kappa shape index (κ1) is 10.2. The number of rotatable bonds is 1. The summed E-state index contributed by atoms with van der Waals surface area (Å²) in [5.41, 5.74) is 3.87. The van der Waals surface area contributed by atoms with Crippen LogP contribution in [0.1, 0.15) is 0 Å². The summed E-state index contributed by atoms with van der Waals surface area (Å²) in [7, 11) is 0. The Bertz CT molecular complexity index is 874. The molecule has 0 aliphatic heterocycles. The van der Waals surface area contributed by atoms with Crippen LogP contribution in [-0.4, -0.2) is 19.6 Å². The molecule has 4 heteroatoms. The van der Waals surface area contributed by atoms with Crippen molar-refractivity contribution in [2.24, 2.45) is 0 Å². The van der Waals surface area contributed by atoms with Crippen LogP contribution in [-0.2, 0) is 0 Å². The maximum atomic E-state index is 4.51. The van der Waals surface area contributed by atoms with Crippen molar-refractivity contribution >= 4 is 16.4 Å². The van der Waals surface area contributed by atoms with E-state index in [1.807, 2.05) is 47.0 Å². The van der Waals surface area contributed by atoms with Crippen molar-refractivity contribution in [1.29, 1.82) is 0 Å². The van der Waals surface area contributed by atoms with Gasteiger partial charge in [-0.05, 0) is 36.4 Å². The van der Waals surface area contributed by atoms with Crippen LogP contribution in [0.4, 0.5) is 0 Å². The topological polar surface area (TPSA) is 43.1 Å². The molecule has 0 aromatic carbocycles. The van der Waals surface area contributed by atoms with Crippen molar-refractivity contribution in [3.63, 3.8) is 0 Å². The molecule has 4 aromatic rings. The van der Waals surface area contributed by atoms with Gasteiger partial charge in [-0.15, -0.1) is 0 Å². The minimum Gasteiger partial charge on any atom is -0.256 e. The predicted molar refractivity (Wildman–Crippen MR) is 73.7 cm³/mol. The molecule has 0 spiro atoms. The molecule has 0 radical (unpaired) electrons. The lowest BCUT2D eigenvalue weighted by Crippen LogP contribution is -1.96. The SMILES string of the molecule is c1cnc2ccnc(-c3cccc4ccnn34)c2c1. The first-order chi connectivity index (χ1) is 9.43. The van der Waals surface area contributed by atoms with E-state index < -0.39 is 0 Å². The van der Waals surface area contributed by atoms with Crippen molar-refractivity contribution in [1.82, 2.24) is 19.6 Å². The molecule has 19 heavy (non-hydrogen) atoms. The van der Waals surface area contributed by atoms with Gasteiger partial charge in [-0.3, -0.25) is 9.97 Å². The molecule has 4 heterocycles. The molecule has 4 nitrogen and oxygen atoms in total. The fraction of sp³-hybridized carbons (Fsp3) is 0. The fourth-order valence-electron chi connectivity index (χ4n) is 2.34. The number of hydrogen-bond acceptors (Lipinski definition) is 3. The fourth-order valence-corrected chi connectivity index (χ4v) is 2.34. The van der Waals surface area contributed by atoms with E-state index in [1.165, 1.54) is 0 Å². The van der Waals surface area contributed by atoms with Crippen LogP contribution < -0.4 is 0 Å². The van der Waals surface area contributed by atoms with Crippen LogP contribution >= 0.6 is 0 Å². The van der Waals surface area contributed by atoms with Crippen molar-refractivity contribution in [2.45, 2.75) is 0 Å². The molecule has 0 atom stereocenters. The monoisotopic (exact) mass is 246 g/mol. The largest absolute Gasteiger partial charge is 0.256 e. The Morgan fingerprint density at radius 3 is 2.79 bits per heavy atom. The van der Waals surface area contributed by atoms with Gasteiger partial charge in [-0.1, -0.05) is 6.07 Å². The third-order valence-electron chi connectivity index (χ3n) is 3.19. The highest BCUT2D eigenvalue weighted by atomic mass is 15.2. The van der Waals surface area contributed by atoms with Crippen molar-refractivity contribution in [3.8, 4) is 11.4 Å². The summed E-state index contributed by atoms with van der Waals surface area (Å²) in [6.45, 7) is 0. The summed E-state index contributed by atoms with van der Waals surface area (Å²) in [6, 6.07) is 13.9. The van der Waals surface area contributed by atoms with Crippen LogP contribution in [0.3, 0.4) is 0 Å². The van der Waals surface area contributed by atoms with Gasteiger partial charge in [-0.25, -0.2) is 4.52 Å². The smallest absolute Gasteiger partial charge is 0.0980 e. The molecule has 0 fully saturated rings. The predicted octanol–water partition coefficient (Wildman–Crippen LogP) is 2.94. The van der Waals surface area contributed by atoms with Crippen LogP contribution in [0.5, 0.6) is 0 Å². The molecule has 0 N–H and O–H groups in total. The minimum atomic E-state index is 0.903. The summed E-state index contributed by atoms with van der Waals surface area (Å²) < 4.78 is 1.90. The molecule has 0 saturated heterocycles. The maximum absolute atomic E-state index is 4.51. The average molecular weight is 246 g/mol. The summed E-state index contributed by atoms with van der Waals surface area (Å²) in [5, 5.41) is 5.39. The van der Waals surface area contributed by atoms with E-state index in [0.29, 0.717) is 0 Å². The lowest BCUT2D eigenvalue weighted by molar-refractivity contribution is 0.964. The third kappa shape index (κ3) is 1.50. The van der Waals surface area contributed by atoms with Crippen LogP contribution in [0.2, 0.25) is 0 Å². The molecule has 90 valence electrons. The average Bonchev–Trinajstić information content (AvgIpc) is 2.95. The second-order valence-corrected chi connectivity index (χ2v) is 4.31. The van der Waals surface area contributed by atoms with Gasteiger partial charge >= 0.3 is 0 Å². The second kappa shape index (κ2) is 3.88. The summed E-state index contributed by atoms with van der Waals surface area (Å²) in [6.07, 6.45) is 5.37. The molecule has 0 amide bonds. The van der Waals surface area contributed by atoms with E-state index in [-0.39, 0.29) is 0 Å². The first-order valence-electron chi connectivity index (χ1n) is 6.06. The van der Waals surface area contributed by atoms with Crippen LogP contribution in [0.15, 0.2) is 61.1 Å². The highest BCUT2D eigenvalue weighted by molar-refractivity contribution is 5.91.